The molecule has 1 unspecified atom stereocenters. The first kappa shape index (κ1) is 12.6. The van der Waals surface area contributed by atoms with E-state index in [-0.39, 0.29) is 10.9 Å². The van der Waals surface area contributed by atoms with Gasteiger partial charge in [0, 0.05) is 12.6 Å². The fraction of sp³-hybridized carbons (Fsp3) is 0.500. The van der Waals surface area contributed by atoms with Gasteiger partial charge in [0.05, 0.1) is 5.25 Å². The molecule has 1 atom stereocenters. The van der Waals surface area contributed by atoms with Crippen molar-refractivity contribution in [2.75, 3.05) is 6.54 Å². The van der Waals surface area contributed by atoms with E-state index >= 15 is 0 Å². The van der Waals surface area contributed by atoms with E-state index in [1.807, 2.05) is 19.1 Å². The van der Waals surface area contributed by atoms with Crippen molar-refractivity contribution in [2.45, 2.75) is 36.2 Å². The third-order valence-corrected chi connectivity index (χ3v) is 4.33. The predicted octanol–water partition coefficient (Wildman–Crippen LogP) is 1.60. The van der Waals surface area contributed by atoms with Gasteiger partial charge in [0.1, 0.15) is 11.5 Å². The summed E-state index contributed by atoms with van der Waals surface area (Å²) in [7, 11) is 0. The molecule has 102 valence electrons. The molecule has 19 heavy (non-hydrogen) atoms. The SMILES string of the molecule is Cc1ccc(C(CN)Sc2n[nH]c(=O)n2C2CC2)o1. The number of aryl methyl sites for hydroxylation is 1. The molecular formula is C12H16N4O2S. The number of nitrogens with two attached hydrogens (primary N) is 1. The lowest BCUT2D eigenvalue weighted by atomic mass is 10.3. The molecular weight excluding hydrogens is 264 g/mol. The quantitative estimate of drug-likeness (QED) is 0.812. The van der Waals surface area contributed by atoms with Gasteiger partial charge in [-0.25, -0.2) is 9.89 Å². The average molecular weight is 280 g/mol. The van der Waals surface area contributed by atoms with Crippen LogP contribution in [-0.2, 0) is 0 Å². The summed E-state index contributed by atoms with van der Waals surface area (Å²) in [5.74, 6) is 1.68. The van der Waals surface area contributed by atoms with Gasteiger partial charge < -0.3 is 10.2 Å². The van der Waals surface area contributed by atoms with Crippen LogP contribution in [0.25, 0.3) is 0 Å². The standard InChI is InChI=1S/C12H16N4O2S/c1-7-2-5-9(18-7)10(6-13)19-12-15-14-11(17)16(12)8-3-4-8/h2,5,8,10H,3-4,6,13H2,1H3,(H,14,17). The minimum atomic E-state index is -0.142. The Bertz CT molecular complexity index is 626. The molecule has 1 saturated carbocycles. The number of aromatic nitrogens is 3. The van der Waals surface area contributed by atoms with Gasteiger partial charge in [-0.05, 0) is 31.9 Å². The lowest BCUT2D eigenvalue weighted by molar-refractivity contribution is 0.480. The maximum Gasteiger partial charge on any atom is 0.344 e. The second-order valence-electron chi connectivity index (χ2n) is 4.70. The van der Waals surface area contributed by atoms with Crippen molar-refractivity contribution in [1.82, 2.24) is 14.8 Å². The Morgan fingerprint density at radius 3 is 3.00 bits per heavy atom. The van der Waals surface area contributed by atoms with Crippen molar-refractivity contribution < 1.29 is 4.42 Å². The highest BCUT2D eigenvalue weighted by molar-refractivity contribution is 7.99. The molecule has 0 radical (unpaired) electrons. The zero-order valence-electron chi connectivity index (χ0n) is 10.6. The second-order valence-corrected chi connectivity index (χ2v) is 5.87. The number of furan rings is 1. The first-order chi connectivity index (χ1) is 9.19. The lowest BCUT2D eigenvalue weighted by Crippen LogP contribution is -2.17. The van der Waals surface area contributed by atoms with E-state index in [0.29, 0.717) is 17.7 Å². The molecule has 0 aromatic carbocycles. The van der Waals surface area contributed by atoms with E-state index in [1.165, 1.54) is 11.8 Å². The van der Waals surface area contributed by atoms with Crippen LogP contribution in [-0.4, -0.2) is 21.3 Å². The van der Waals surface area contributed by atoms with Gasteiger partial charge in [-0.2, -0.15) is 0 Å². The highest BCUT2D eigenvalue weighted by atomic mass is 32.2. The summed E-state index contributed by atoms with van der Waals surface area (Å²) in [5, 5.41) is 7.26. The topological polar surface area (TPSA) is 89.8 Å². The summed E-state index contributed by atoms with van der Waals surface area (Å²) < 4.78 is 7.33. The first-order valence-electron chi connectivity index (χ1n) is 6.29. The first-order valence-corrected chi connectivity index (χ1v) is 7.17. The third kappa shape index (κ3) is 2.48. The molecule has 3 rings (SSSR count). The van der Waals surface area contributed by atoms with Crippen LogP contribution in [0.3, 0.4) is 0 Å². The van der Waals surface area contributed by atoms with Gasteiger partial charge in [0.2, 0.25) is 0 Å². The Morgan fingerprint density at radius 2 is 2.42 bits per heavy atom. The van der Waals surface area contributed by atoms with E-state index in [0.717, 1.165) is 24.4 Å². The van der Waals surface area contributed by atoms with E-state index in [9.17, 15) is 4.79 Å². The van der Waals surface area contributed by atoms with Crippen molar-refractivity contribution in [2.24, 2.45) is 5.73 Å². The smallest absolute Gasteiger partial charge is 0.344 e. The largest absolute Gasteiger partial charge is 0.465 e. The molecule has 3 N–H and O–H groups in total. The third-order valence-electron chi connectivity index (χ3n) is 3.12. The summed E-state index contributed by atoms with van der Waals surface area (Å²) in [6.07, 6.45) is 2.08. The molecule has 0 spiro atoms. The molecule has 0 amide bonds. The van der Waals surface area contributed by atoms with Crippen LogP contribution in [0, 0.1) is 6.92 Å². The summed E-state index contributed by atoms with van der Waals surface area (Å²) in [4.78, 5) is 11.7. The van der Waals surface area contributed by atoms with Crippen LogP contribution < -0.4 is 11.4 Å². The van der Waals surface area contributed by atoms with Gasteiger partial charge in [0.25, 0.3) is 0 Å². The van der Waals surface area contributed by atoms with Crippen molar-refractivity contribution in [3.8, 4) is 0 Å². The van der Waals surface area contributed by atoms with Crippen molar-refractivity contribution in [3.05, 3.63) is 34.1 Å². The lowest BCUT2D eigenvalue weighted by Gasteiger charge is -2.11. The number of H-pyrrole nitrogens is 1. The number of nitrogens with zero attached hydrogens (tertiary/aromatic N) is 2. The maximum atomic E-state index is 11.7. The Balaban J connectivity index is 1.85. The summed E-state index contributed by atoms with van der Waals surface area (Å²) in [6, 6.07) is 4.13. The molecule has 7 heteroatoms. The van der Waals surface area contributed by atoms with Crippen molar-refractivity contribution in [3.63, 3.8) is 0 Å². The predicted molar refractivity (Wildman–Crippen MR) is 72.2 cm³/mol. The van der Waals surface area contributed by atoms with Gasteiger partial charge in [-0.3, -0.25) is 4.57 Å². The molecule has 2 aromatic rings. The zero-order valence-corrected chi connectivity index (χ0v) is 11.4. The minimum absolute atomic E-state index is 0.0265. The number of aromatic amines is 1. The Labute approximate surface area is 114 Å². The molecule has 1 aliphatic rings. The zero-order chi connectivity index (χ0) is 13.4. The molecule has 6 nitrogen and oxygen atoms in total. The Hall–Kier alpha value is -1.47. The minimum Gasteiger partial charge on any atom is -0.465 e. The number of thioether (sulfide) groups is 1. The molecule has 1 fully saturated rings. The number of hydrogen-bond acceptors (Lipinski definition) is 5. The van der Waals surface area contributed by atoms with Crippen LogP contribution >= 0.6 is 11.8 Å². The van der Waals surface area contributed by atoms with Crippen molar-refractivity contribution >= 4 is 11.8 Å². The highest BCUT2D eigenvalue weighted by Crippen LogP contribution is 2.39. The van der Waals surface area contributed by atoms with E-state index in [4.69, 9.17) is 10.2 Å². The monoisotopic (exact) mass is 280 g/mol. The fourth-order valence-electron chi connectivity index (χ4n) is 2.00. The van der Waals surface area contributed by atoms with Crippen LogP contribution in [0.1, 0.15) is 35.7 Å². The fourth-order valence-corrected chi connectivity index (χ4v) is 3.04. The van der Waals surface area contributed by atoms with Crippen LogP contribution in [0.4, 0.5) is 0 Å². The summed E-state index contributed by atoms with van der Waals surface area (Å²) in [6.45, 7) is 2.33. The second kappa shape index (κ2) is 4.90. The van der Waals surface area contributed by atoms with Gasteiger partial charge in [0.15, 0.2) is 5.16 Å². The molecule has 0 bridgehead atoms. The van der Waals surface area contributed by atoms with Gasteiger partial charge >= 0.3 is 5.69 Å². The molecule has 2 aromatic heterocycles. The van der Waals surface area contributed by atoms with E-state index in [2.05, 4.69) is 10.2 Å². The van der Waals surface area contributed by atoms with Crippen LogP contribution in [0.2, 0.25) is 0 Å². The van der Waals surface area contributed by atoms with Crippen LogP contribution in [0.15, 0.2) is 26.5 Å². The van der Waals surface area contributed by atoms with E-state index in [1.54, 1.807) is 4.57 Å². The number of nitrogens with one attached hydrogen (secondary N) is 1. The van der Waals surface area contributed by atoms with Crippen molar-refractivity contribution in [1.29, 1.82) is 0 Å². The number of hydrogen-bond donors (Lipinski definition) is 2. The number of rotatable bonds is 5. The summed E-state index contributed by atoms with van der Waals surface area (Å²) >= 11 is 1.47. The van der Waals surface area contributed by atoms with Crippen LogP contribution in [0.5, 0.6) is 0 Å². The molecule has 0 aliphatic heterocycles. The Morgan fingerprint density at radius 1 is 1.63 bits per heavy atom. The summed E-state index contributed by atoms with van der Waals surface area (Å²) in [5.41, 5.74) is 5.66. The molecule has 2 heterocycles. The maximum absolute atomic E-state index is 11.7. The Kier molecular flexibility index (Phi) is 3.24. The highest BCUT2D eigenvalue weighted by Gasteiger charge is 2.30. The van der Waals surface area contributed by atoms with Gasteiger partial charge in [-0.1, -0.05) is 11.8 Å². The average Bonchev–Trinajstić information content (AvgIpc) is 3.03. The molecule has 0 saturated heterocycles. The molecule has 1 aliphatic carbocycles. The van der Waals surface area contributed by atoms with Gasteiger partial charge in [-0.15, -0.1) is 5.10 Å². The normalized spacial score (nSPS) is 16.7. The van der Waals surface area contributed by atoms with E-state index < -0.39 is 0 Å².